The van der Waals surface area contributed by atoms with E-state index < -0.39 is 0 Å². The number of anilines is 1. The summed E-state index contributed by atoms with van der Waals surface area (Å²) >= 11 is 0. The summed E-state index contributed by atoms with van der Waals surface area (Å²) in [5, 5.41) is 3.43. The highest BCUT2D eigenvalue weighted by molar-refractivity contribution is 5.54. The van der Waals surface area contributed by atoms with E-state index in [4.69, 9.17) is 0 Å². The van der Waals surface area contributed by atoms with Gasteiger partial charge in [-0.05, 0) is 34.1 Å². The predicted molar refractivity (Wildman–Crippen MR) is 88.9 cm³/mol. The average Bonchev–Trinajstić information content (AvgIpc) is 2.37. The third-order valence-corrected chi connectivity index (χ3v) is 4.13. The van der Waals surface area contributed by atoms with E-state index in [9.17, 15) is 0 Å². The minimum absolute atomic E-state index is 0.198. The quantitative estimate of drug-likeness (QED) is 0.840. The highest BCUT2D eigenvalue weighted by atomic mass is 15.2. The Hall–Kier alpha value is -1.02. The molecule has 1 aromatic carbocycles. The molecule has 0 radical (unpaired) electrons. The van der Waals surface area contributed by atoms with E-state index in [1.165, 1.54) is 16.8 Å². The molecular formula is C18H30N2. The van der Waals surface area contributed by atoms with Crippen molar-refractivity contribution < 1.29 is 0 Å². The van der Waals surface area contributed by atoms with Crippen LogP contribution in [0.3, 0.4) is 0 Å². The molecule has 0 bridgehead atoms. The van der Waals surface area contributed by atoms with Gasteiger partial charge in [0, 0.05) is 31.9 Å². The zero-order valence-electron chi connectivity index (χ0n) is 14.0. The summed E-state index contributed by atoms with van der Waals surface area (Å²) in [5.74, 6) is 0. The van der Waals surface area contributed by atoms with Crippen LogP contribution in [-0.4, -0.2) is 26.2 Å². The standard InChI is InChI=1S/C18H30N2/c1-17(2,3)14-11-15(18(4,5)6)13-16(12-14)20-9-7-19-8-10-20/h11-13,19H,7-10H2,1-6H3. The van der Waals surface area contributed by atoms with Gasteiger partial charge >= 0.3 is 0 Å². The number of piperazine rings is 1. The van der Waals surface area contributed by atoms with Gasteiger partial charge in [-0.1, -0.05) is 47.6 Å². The zero-order valence-corrected chi connectivity index (χ0v) is 14.0. The van der Waals surface area contributed by atoms with E-state index in [0.717, 1.165) is 26.2 Å². The highest BCUT2D eigenvalue weighted by Crippen LogP contribution is 2.33. The summed E-state index contributed by atoms with van der Waals surface area (Å²) in [6, 6.07) is 7.17. The van der Waals surface area contributed by atoms with E-state index in [-0.39, 0.29) is 10.8 Å². The normalized spacial score (nSPS) is 17.4. The number of hydrogen-bond donors (Lipinski definition) is 1. The van der Waals surface area contributed by atoms with Crippen molar-refractivity contribution in [3.05, 3.63) is 29.3 Å². The van der Waals surface area contributed by atoms with Gasteiger partial charge in [0.05, 0.1) is 0 Å². The van der Waals surface area contributed by atoms with Crippen molar-refractivity contribution in [3.63, 3.8) is 0 Å². The maximum atomic E-state index is 3.43. The third-order valence-electron chi connectivity index (χ3n) is 4.13. The second-order valence-corrected chi connectivity index (χ2v) is 8.01. The van der Waals surface area contributed by atoms with E-state index in [2.05, 4.69) is 70.0 Å². The molecule has 20 heavy (non-hydrogen) atoms. The Bertz CT molecular complexity index is 425. The maximum Gasteiger partial charge on any atom is 0.0373 e. The molecule has 1 saturated heterocycles. The van der Waals surface area contributed by atoms with Crippen molar-refractivity contribution in [3.8, 4) is 0 Å². The highest BCUT2D eigenvalue weighted by Gasteiger charge is 2.22. The van der Waals surface area contributed by atoms with Crippen LogP contribution in [0.2, 0.25) is 0 Å². The van der Waals surface area contributed by atoms with Crippen LogP contribution in [-0.2, 0) is 10.8 Å². The molecule has 1 heterocycles. The number of rotatable bonds is 1. The molecule has 0 aromatic heterocycles. The molecule has 1 aliphatic rings. The van der Waals surface area contributed by atoms with Gasteiger partial charge in [-0.2, -0.15) is 0 Å². The van der Waals surface area contributed by atoms with Gasteiger partial charge in [0.25, 0.3) is 0 Å². The fourth-order valence-corrected chi connectivity index (χ4v) is 2.58. The Balaban J connectivity index is 2.45. The van der Waals surface area contributed by atoms with Gasteiger partial charge in [-0.3, -0.25) is 0 Å². The van der Waals surface area contributed by atoms with Crippen LogP contribution >= 0.6 is 0 Å². The summed E-state index contributed by atoms with van der Waals surface area (Å²) in [6.45, 7) is 18.2. The molecular weight excluding hydrogens is 244 g/mol. The number of benzene rings is 1. The Labute approximate surface area is 124 Å². The molecule has 1 aromatic rings. The minimum Gasteiger partial charge on any atom is -0.369 e. The lowest BCUT2D eigenvalue weighted by atomic mass is 9.80. The summed E-state index contributed by atoms with van der Waals surface area (Å²) in [4.78, 5) is 2.51. The van der Waals surface area contributed by atoms with Crippen LogP contribution in [0, 0.1) is 0 Å². The molecule has 112 valence electrons. The van der Waals surface area contributed by atoms with Crippen molar-refractivity contribution in [1.82, 2.24) is 5.32 Å². The monoisotopic (exact) mass is 274 g/mol. The lowest BCUT2D eigenvalue weighted by molar-refractivity contribution is 0.562. The smallest absolute Gasteiger partial charge is 0.0373 e. The zero-order chi connectivity index (χ0) is 15.0. The second-order valence-electron chi connectivity index (χ2n) is 8.01. The molecule has 1 fully saturated rings. The van der Waals surface area contributed by atoms with E-state index in [1.807, 2.05) is 0 Å². The lowest BCUT2D eigenvalue weighted by Crippen LogP contribution is -2.43. The first kappa shape index (κ1) is 15.4. The van der Waals surface area contributed by atoms with Crippen LogP contribution < -0.4 is 10.2 Å². The molecule has 0 unspecified atom stereocenters. The third kappa shape index (κ3) is 3.54. The molecule has 0 atom stereocenters. The number of nitrogens with zero attached hydrogens (tertiary/aromatic N) is 1. The second kappa shape index (κ2) is 5.40. The van der Waals surface area contributed by atoms with Gasteiger partial charge in [-0.15, -0.1) is 0 Å². The Morgan fingerprint density at radius 1 is 0.800 bits per heavy atom. The molecule has 1 aliphatic heterocycles. The van der Waals surface area contributed by atoms with Crippen molar-refractivity contribution >= 4 is 5.69 Å². The van der Waals surface area contributed by atoms with Gasteiger partial charge < -0.3 is 10.2 Å². The van der Waals surface area contributed by atoms with Gasteiger partial charge in [-0.25, -0.2) is 0 Å². The average molecular weight is 274 g/mol. The molecule has 2 nitrogen and oxygen atoms in total. The van der Waals surface area contributed by atoms with Crippen molar-refractivity contribution in [2.24, 2.45) is 0 Å². The summed E-state index contributed by atoms with van der Waals surface area (Å²) in [5.41, 5.74) is 4.68. The summed E-state index contributed by atoms with van der Waals surface area (Å²) < 4.78 is 0. The van der Waals surface area contributed by atoms with Gasteiger partial charge in [0.1, 0.15) is 0 Å². The van der Waals surface area contributed by atoms with Crippen LogP contribution in [0.4, 0.5) is 5.69 Å². The predicted octanol–water partition coefficient (Wildman–Crippen LogP) is 3.69. The first-order valence-corrected chi connectivity index (χ1v) is 7.80. The Morgan fingerprint density at radius 2 is 1.25 bits per heavy atom. The maximum absolute atomic E-state index is 3.43. The van der Waals surface area contributed by atoms with Crippen LogP contribution in [0.15, 0.2) is 18.2 Å². The SMILES string of the molecule is CC(C)(C)c1cc(N2CCNCC2)cc(C(C)(C)C)c1. The number of nitrogens with one attached hydrogen (secondary N) is 1. The van der Waals surface area contributed by atoms with Crippen LogP contribution in [0.25, 0.3) is 0 Å². The summed E-state index contributed by atoms with van der Waals surface area (Å²) in [6.07, 6.45) is 0. The first-order chi connectivity index (χ1) is 9.18. The van der Waals surface area contributed by atoms with Crippen molar-refractivity contribution in [2.45, 2.75) is 52.4 Å². The van der Waals surface area contributed by atoms with E-state index in [0.29, 0.717) is 0 Å². The fraction of sp³-hybridized carbons (Fsp3) is 0.667. The number of hydrogen-bond acceptors (Lipinski definition) is 2. The van der Waals surface area contributed by atoms with E-state index >= 15 is 0 Å². The molecule has 0 amide bonds. The fourth-order valence-electron chi connectivity index (χ4n) is 2.58. The summed E-state index contributed by atoms with van der Waals surface area (Å²) in [7, 11) is 0. The largest absolute Gasteiger partial charge is 0.369 e. The molecule has 0 saturated carbocycles. The molecule has 0 aliphatic carbocycles. The van der Waals surface area contributed by atoms with E-state index in [1.54, 1.807) is 0 Å². The Kier molecular flexibility index (Phi) is 4.15. The van der Waals surface area contributed by atoms with Crippen molar-refractivity contribution in [1.29, 1.82) is 0 Å². The Morgan fingerprint density at radius 3 is 1.65 bits per heavy atom. The lowest BCUT2D eigenvalue weighted by Gasteiger charge is -2.33. The van der Waals surface area contributed by atoms with Crippen LogP contribution in [0.1, 0.15) is 52.7 Å². The molecule has 0 spiro atoms. The van der Waals surface area contributed by atoms with Gasteiger partial charge in [0.15, 0.2) is 0 Å². The minimum atomic E-state index is 0.198. The first-order valence-electron chi connectivity index (χ1n) is 7.80. The van der Waals surface area contributed by atoms with Crippen molar-refractivity contribution in [2.75, 3.05) is 31.1 Å². The molecule has 2 rings (SSSR count). The van der Waals surface area contributed by atoms with Crippen LogP contribution in [0.5, 0.6) is 0 Å². The topological polar surface area (TPSA) is 15.3 Å². The van der Waals surface area contributed by atoms with Gasteiger partial charge in [0.2, 0.25) is 0 Å². The molecule has 2 heteroatoms. The molecule has 1 N–H and O–H groups in total.